The van der Waals surface area contributed by atoms with Gasteiger partial charge in [-0.25, -0.2) is 0 Å². The van der Waals surface area contributed by atoms with Gasteiger partial charge in [0.25, 0.3) is 0 Å². The Morgan fingerprint density at radius 1 is 1.53 bits per heavy atom. The van der Waals surface area contributed by atoms with Crippen molar-refractivity contribution in [1.29, 1.82) is 0 Å². The zero-order valence-electron chi connectivity index (χ0n) is 10.6. The molecule has 0 spiro atoms. The third-order valence-electron chi connectivity index (χ3n) is 2.75. The Morgan fingerprint density at radius 3 is 2.65 bits per heavy atom. The number of nitrogens with zero attached hydrogens (tertiary/aromatic N) is 2. The van der Waals surface area contributed by atoms with Gasteiger partial charge in [0.15, 0.2) is 0 Å². The summed E-state index contributed by atoms with van der Waals surface area (Å²) in [5.74, 6) is 0.429. The van der Waals surface area contributed by atoms with Crippen LogP contribution in [0.25, 0.3) is 0 Å². The zero-order chi connectivity index (χ0) is 13.0. The van der Waals surface area contributed by atoms with Crippen molar-refractivity contribution in [2.24, 2.45) is 5.73 Å². The molecule has 0 fully saturated rings. The number of aromatic nitrogens is 2. The maximum absolute atomic E-state index is 12.0. The standard InChI is InChI=1S/C11H20ClN3OS/c1-4-9-11(12)10(15(5-2)14-9)7-17(16)8(3)6-13/h8H,4-7,13H2,1-3H3. The summed E-state index contributed by atoms with van der Waals surface area (Å²) < 4.78 is 13.8. The van der Waals surface area contributed by atoms with E-state index >= 15 is 0 Å². The molecule has 1 aromatic heterocycles. The lowest BCUT2D eigenvalue weighted by molar-refractivity contribution is 0.622. The second kappa shape index (κ2) is 6.52. The van der Waals surface area contributed by atoms with Crippen molar-refractivity contribution >= 4 is 22.4 Å². The first kappa shape index (κ1) is 14.7. The zero-order valence-corrected chi connectivity index (χ0v) is 12.1. The van der Waals surface area contributed by atoms with Gasteiger partial charge in [-0.3, -0.25) is 8.89 Å². The lowest BCUT2D eigenvalue weighted by Gasteiger charge is -2.10. The number of aryl methyl sites for hydroxylation is 2. The highest BCUT2D eigenvalue weighted by Crippen LogP contribution is 2.23. The first-order valence-corrected chi connectivity index (χ1v) is 7.62. The van der Waals surface area contributed by atoms with Crippen LogP contribution in [0.3, 0.4) is 0 Å². The molecule has 98 valence electrons. The highest BCUT2D eigenvalue weighted by Gasteiger charge is 2.18. The highest BCUT2D eigenvalue weighted by molar-refractivity contribution is 7.84. The predicted molar refractivity (Wildman–Crippen MR) is 72.7 cm³/mol. The summed E-state index contributed by atoms with van der Waals surface area (Å²) in [4.78, 5) is 0. The van der Waals surface area contributed by atoms with Gasteiger partial charge in [0.05, 0.1) is 22.2 Å². The number of hydrogen-bond donors (Lipinski definition) is 1. The predicted octanol–water partition coefficient (Wildman–Crippen LogP) is 1.71. The van der Waals surface area contributed by atoms with Crippen molar-refractivity contribution in [2.75, 3.05) is 6.54 Å². The molecule has 0 radical (unpaired) electrons. The van der Waals surface area contributed by atoms with Crippen LogP contribution in [-0.2, 0) is 29.5 Å². The van der Waals surface area contributed by atoms with Gasteiger partial charge in [0.2, 0.25) is 0 Å². The van der Waals surface area contributed by atoms with Crippen molar-refractivity contribution in [2.45, 2.75) is 44.7 Å². The summed E-state index contributed by atoms with van der Waals surface area (Å²) in [6, 6.07) is 0. The van der Waals surface area contributed by atoms with E-state index in [1.54, 1.807) is 0 Å². The molecular weight excluding hydrogens is 258 g/mol. The topological polar surface area (TPSA) is 60.9 Å². The molecule has 1 rings (SSSR count). The van der Waals surface area contributed by atoms with Gasteiger partial charge in [0, 0.05) is 29.1 Å². The number of halogens is 1. The average molecular weight is 278 g/mol. The van der Waals surface area contributed by atoms with E-state index in [2.05, 4.69) is 5.10 Å². The van der Waals surface area contributed by atoms with Crippen LogP contribution >= 0.6 is 11.6 Å². The smallest absolute Gasteiger partial charge is 0.0859 e. The molecule has 0 saturated carbocycles. The van der Waals surface area contributed by atoms with E-state index in [4.69, 9.17) is 17.3 Å². The average Bonchev–Trinajstić information content (AvgIpc) is 2.65. The molecule has 0 amide bonds. The molecule has 2 unspecified atom stereocenters. The van der Waals surface area contributed by atoms with E-state index in [0.29, 0.717) is 17.3 Å². The summed E-state index contributed by atoms with van der Waals surface area (Å²) in [6.45, 7) is 7.06. The Bertz CT molecular complexity index is 406. The molecule has 17 heavy (non-hydrogen) atoms. The molecule has 1 aromatic rings. The van der Waals surface area contributed by atoms with E-state index in [1.807, 2.05) is 25.5 Å². The number of nitrogens with two attached hydrogens (primary N) is 1. The molecule has 0 aliphatic heterocycles. The van der Waals surface area contributed by atoms with Crippen LogP contribution in [0.2, 0.25) is 5.02 Å². The second-order valence-corrected chi connectivity index (χ2v) is 6.18. The molecule has 0 aromatic carbocycles. The Morgan fingerprint density at radius 2 is 2.18 bits per heavy atom. The first-order valence-electron chi connectivity index (χ1n) is 5.86. The van der Waals surface area contributed by atoms with Crippen LogP contribution in [0, 0.1) is 0 Å². The first-order chi connectivity index (χ1) is 8.04. The normalized spacial score (nSPS) is 14.9. The highest BCUT2D eigenvalue weighted by atomic mass is 35.5. The van der Waals surface area contributed by atoms with Gasteiger partial charge in [-0.1, -0.05) is 18.5 Å². The molecule has 0 aliphatic carbocycles. The molecule has 2 atom stereocenters. The van der Waals surface area contributed by atoms with Gasteiger partial charge in [0.1, 0.15) is 0 Å². The van der Waals surface area contributed by atoms with Crippen molar-refractivity contribution in [3.63, 3.8) is 0 Å². The van der Waals surface area contributed by atoms with E-state index in [0.717, 1.165) is 24.4 Å². The minimum Gasteiger partial charge on any atom is -0.329 e. The minimum atomic E-state index is -0.997. The number of hydrogen-bond acceptors (Lipinski definition) is 3. The fraction of sp³-hybridized carbons (Fsp3) is 0.727. The molecule has 2 N–H and O–H groups in total. The van der Waals surface area contributed by atoms with E-state index in [-0.39, 0.29) is 5.25 Å². The van der Waals surface area contributed by atoms with Crippen LogP contribution in [0.15, 0.2) is 0 Å². The SMILES string of the molecule is CCc1nn(CC)c(CS(=O)C(C)CN)c1Cl. The van der Waals surface area contributed by atoms with Gasteiger partial charge in [-0.05, 0) is 20.3 Å². The van der Waals surface area contributed by atoms with E-state index < -0.39 is 10.8 Å². The summed E-state index contributed by atoms with van der Waals surface area (Å²) in [6.07, 6.45) is 0.790. The maximum Gasteiger partial charge on any atom is 0.0859 e. The molecule has 1 heterocycles. The monoisotopic (exact) mass is 277 g/mol. The van der Waals surface area contributed by atoms with Crippen molar-refractivity contribution in [3.8, 4) is 0 Å². The van der Waals surface area contributed by atoms with Crippen molar-refractivity contribution < 1.29 is 4.21 Å². The third-order valence-corrected chi connectivity index (χ3v) is 4.84. The van der Waals surface area contributed by atoms with Gasteiger partial charge in [-0.15, -0.1) is 0 Å². The summed E-state index contributed by atoms with van der Waals surface area (Å²) in [5.41, 5.74) is 7.26. The Labute approximate surface area is 110 Å². The fourth-order valence-corrected chi connectivity index (χ4v) is 3.02. The maximum atomic E-state index is 12.0. The van der Waals surface area contributed by atoms with Crippen LogP contribution in [0.4, 0.5) is 0 Å². The van der Waals surface area contributed by atoms with Gasteiger partial charge < -0.3 is 5.73 Å². The summed E-state index contributed by atoms with van der Waals surface area (Å²) in [7, 11) is -0.997. The molecule has 0 saturated heterocycles. The number of rotatable bonds is 6. The molecular formula is C11H20ClN3OS. The van der Waals surface area contributed by atoms with E-state index in [9.17, 15) is 4.21 Å². The molecule has 4 nitrogen and oxygen atoms in total. The fourth-order valence-electron chi connectivity index (χ4n) is 1.54. The molecule has 6 heteroatoms. The Balaban J connectivity index is 2.97. The lowest BCUT2D eigenvalue weighted by atomic mass is 10.3. The third kappa shape index (κ3) is 3.30. The van der Waals surface area contributed by atoms with Gasteiger partial charge in [-0.2, -0.15) is 5.10 Å². The van der Waals surface area contributed by atoms with Crippen LogP contribution < -0.4 is 5.73 Å². The summed E-state index contributed by atoms with van der Waals surface area (Å²) in [5, 5.41) is 5.05. The van der Waals surface area contributed by atoms with Crippen molar-refractivity contribution in [1.82, 2.24) is 9.78 Å². The van der Waals surface area contributed by atoms with Crippen LogP contribution in [0.1, 0.15) is 32.2 Å². The van der Waals surface area contributed by atoms with E-state index in [1.165, 1.54) is 0 Å². The minimum absolute atomic E-state index is 0.0173. The molecule has 0 aliphatic rings. The summed E-state index contributed by atoms with van der Waals surface area (Å²) >= 11 is 6.25. The lowest BCUT2D eigenvalue weighted by Crippen LogP contribution is -2.23. The Hall–Kier alpha value is -0.390. The van der Waals surface area contributed by atoms with Crippen LogP contribution in [-0.4, -0.2) is 25.8 Å². The Kier molecular flexibility index (Phi) is 5.62. The quantitative estimate of drug-likeness (QED) is 0.861. The van der Waals surface area contributed by atoms with Crippen molar-refractivity contribution in [3.05, 3.63) is 16.4 Å². The van der Waals surface area contributed by atoms with Crippen LogP contribution in [0.5, 0.6) is 0 Å². The second-order valence-electron chi connectivity index (χ2n) is 3.95. The van der Waals surface area contributed by atoms with Gasteiger partial charge >= 0.3 is 0 Å². The molecule has 0 bridgehead atoms. The largest absolute Gasteiger partial charge is 0.329 e.